The van der Waals surface area contributed by atoms with Gasteiger partial charge in [-0.15, -0.1) is 0 Å². The Morgan fingerprint density at radius 1 is 0.774 bits per heavy atom. The van der Waals surface area contributed by atoms with Crippen LogP contribution in [0.1, 0.15) is 60.9 Å². The van der Waals surface area contributed by atoms with Crippen molar-refractivity contribution < 1.29 is 0 Å². The molecular weight excluding hydrogens is 376 g/mol. The second kappa shape index (κ2) is 10.2. The van der Waals surface area contributed by atoms with Crippen LogP contribution in [0.25, 0.3) is 0 Å². The van der Waals surface area contributed by atoms with E-state index in [4.69, 9.17) is 0 Å². The fraction of sp³-hybridized carbons (Fsp3) is 0.310. The molecule has 0 saturated heterocycles. The van der Waals surface area contributed by atoms with Crippen LogP contribution in [-0.4, -0.2) is 0 Å². The molecule has 2 heteroatoms. The maximum absolute atomic E-state index is 4.35. The van der Waals surface area contributed by atoms with Crippen molar-refractivity contribution in [2.24, 2.45) is 16.1 Å². The molecule has 3 aromatic carbocycles. The van der Waals surface area contributed by atoms with Gasteiger partial charge in [0.25, 0.3) is 0 Å². The molecule has 0 amide bonds. The van der Waals surface area contributed by atoms with Crippen molar-refractivity contribution in [3.8, 4) is 11.8 Å². The average molecular weight is 407 g/mol. The SMILES string of the molecule is CCCc1ccc(N=Nc2ccc(C#Cc3ccc4c(c3)CCC(CC)C4)cc2)cc1. The molecule has 0 aromatic heterocycles. The summed E-state index contributed by atoms with van der Waals surface area (Å²) >= 11 is 0. The van der Waals surface area contributed by atoms with Crippen LogP contribution in [0.5, 0.6) is 0 Å². The number of nitrogens with zero attached hydrogens (tertiary/aromatic N) is 2. The number of aryl methyl sites for hydroxylation is 2. The van der Waals surface area contributed by atoms with Crippen LogP contribution in [0.2, 0.25) is 0 Å². The van der Waals surface area contributed by atoms with Crippen LogP contribution in [0.4, 0.5) is 11.4 Å². The molecule has 1 aliphatic rings. The van der Waals surface area contributed by atoms with E-state index in [1.165, 1.54) is 42.4 Å². The zero-order valence-electron chi connectivity index (χ0n) is 18.6. The first kappa shape index (κ1) is 21.1. The van der Waals surface area contributed by atoms with Gasteiger partial charge in [0.05, 0.1) is 11.4 Å². The van der Waals surface area contributed by atoms with Gasteiger partial charge in [0.1, 0.15) is 0 Å². The topological polar surface area (TPSA) is 24.7 Å². The second-order valence-electron chi connectivity index (χ2n) is 8.41. The van der Waals surface area contributed by atoms with Crippen LogP contribution in [-0.2, 0) is 19.3 Å². The lowest BCUT2D eigenvalue weighted by Crippen LogP contribution is -2.13. The summed E-state index contributed by atoms with van der Waals surface area (Å²) in [5, 5.41) is 8.69. The van der Waals surface area contributed by atoms with E-state index < -0.39 is 0 Å². The summed E-state index contributed by atoms with van der Waals surface area (Å²) in [4.78, 5) is 0. The normalized spacial score (nSPS) is 15.4. The van der Waals surface area contributed by atoms with Crippen LogP contribution >= 0.6 is 0 Å². The van der Waals surface area contributed by atoms with E-state index in [0.717, 1.165) is 41.3 Å². The highest BCUT2D eigenvalue weighted by Gasteiger charge is 2.16. The van der Waals surface area contributed by atoms with Gasteiger partial charge in [-0.2, -0.15) is 10.2 Å². The molecular formula is C29H30N2. The summed E-state index contributed by atoms with van der Waals surface area (Å²) in [5.41, 5.74) is 8.14. The van der Waals surface area contributed by atoms with E-state index in [9.17, 15) is 0 Å². The number of benzene rings is 3. The molecule has 3 aromatic rings. The lowest BCUT2D eigenvalue weighted by molar-refractivity contribution is 0.445. The molecule has 0 aliphatic heterocycles. The molecule has 0 heterocycles. The number of hydrogen-bond acceptors (Lipinski definition) is 2. The molecule has 0 N–H and O–H groups in total. The van der Waals surface area contributed by atoms with Gasteiger partial charge in [0, 0.05) is 11.1 Å². The fourth-order valence-electron chi connectivity index (χ4n) is 4.15. The number of azo groups is 1. The monoisotopic (exact) mass is 406 g/mol. The highest BCUT2D eigenvalue weighted by atomic mass is 15.1. The van der Waals surface area contributed by atoms with Crippen LogP contribution in [0.3, 0.4) is 0 Å². The van der Waals surface area contributed by atoms with E-state index in [0.29, 0.717) is 0 Å². The second-order valence-corrected chi connectivity index (χ2v) is 8.41. The number of rotatable bonds is 5. The molecule has 1 atom stereocenters. The van der Waals surface area contributed by atoms with E-state index >= 15 is 0 Å². The van der Waals surface area contributed by atoms with Crippen molar-refractivity contribution in [1.29, 1.82) is 0 Å². The van der Waals surface area contributed by atoms with Crippen molar-refractivity contribution >= 4 is 11.4 Å². The zero-order valence-corrected chi connectivity index (χ0v) is 18.6. The quantitative estimate of drug-likeness (QED) is 0.303. The Labute approximate surface area is 186 Å². The van der Waals surface area contributed by atoms with Gasteiger partial charge < -0.3 is 0 Å². The highest BCUT2D eigenvalue weighted by molar-refractivity contribution is 5.49. The largest absolute Gasteiger partial charge is 0.151 e. The van der Waals surface area contributed by atoms with Gasteiger partial charge in [-0.1, -0.05) is 56.7 Å². The molecule has 2 nitrogen and oxygen atoms in total. The third kappa shape index (κ3) is 5.70. The molecule has 31 heavy (non-hydrogen) atoms. The van der Waals surface area contributed by atoms with Gasteiger partial charge in [-0.05, 0) is 96.8 Å². The minimum absolute atomic E-state index is 0.836. The lowest BCUT2D eigenvalue weighted by Gasteiger charge is -2.23. The lowest BCUT2D eigenvalue weighted by atomic mass is 9.82. The van der Waals surface area contributed by atoms with Gasteiger partial charge >= 0.3 is 0 Å². The Kier molecular flexibility index (Phi) is 6.95. The Balaban J connectivity index is 1.40. The summed E-state index contributed by atoms with van der Waals surface area (Å²) in [6.45, 7) is 4.49. The minimum atomic E-state index is 0.836. The molecule has 0 fully saturated rings. The van der Waals surface area contributed by atoms with E-state index in [1.54, 1.807) is 0 Å². The third-order valence-electron chi connectivity index (χ3n) is 6.09. The Hall–Kier alpha value is -3.18. The molecule has 0 saturated carbocycles. The predicted molar refractivity (Wildman–Crippen MR) is 129 cm³/mol. The summed E-state index contributed by atoms with van der Waals surface area (Å²) in [6, 6.07) is 23.0. The molecule has 1 unspecified atom stereocenters. The number of hydrogen-bond donors (Lipinski definition) is 0. The third-order valence-corrected chi connectivity index (χ3v) is 6.09. The zero-order chi connectivity index (χ0) is 21.5. The van der Waals surface area contributed by atoms with Gasteiger partial charge in [0.15, 0.2) is 0 Å². The summed E-state index contributed by atoms with van der Waals surface area (Å²) < 4.78 is 0. The minimum Gasteiger partial charge on any atom is -0.151 e. The molecule has 1 aliphatic carbocycles. The maximum Gasteiger partial charge on any atom is 0.0857 e. The van der Waals surface area contributed by atoms with Gasteiger partial charge in [-0.25, -0.2) is 0 Å². The first-order chi connectivity index (χ1) is 15.2. The molecule has 4 rings (SSSR count). The first-order valence-electron chi connectivity index (χ1n) is 11.5. The summed E-state index contributed by atoms with van der Waals surface area (Å²) in [7, 11) is 0. The number of fused-ring (bicyclic) bond motifs is 1. The first-order valence-corrected chi connectivity index (χ1v) is 11.5. The van der Waals surface area contributed by atoms with Crippen molar-refractivity contribution in [2.75, 3.05) is 0 Å². The van der Waals surface area contributed by atoms with E-state index in [2.05, 4.69) is 66.2 Å². The van der Waals surface area contributed by atoms with Crippen LogP contribution in [0.15, 0.2) is 77.0 Å². The molecule has 156 valence electrons. The van der Waals surface area contributed by atoms with Crippen molar-refractivity contribution in [3.63, 3.8) is 0 Å². The molecule has 0 bridgehead atoms. The smallest absolute Gasteiger partial charge is 0.0857 e. The van der Waals surface area contributed by atoms with Crippen molar-refractivity contribution in [3.05, 3.63) is 94.5 Å². The molecule has 0 spiro atoms. The van der Waals surface area contributed by atoms with Crippen LogP contribution < -0.4 is 0 Å². The fourth-order valence-corrected chi connectivity index (χ4v) is 4.15. The highest BCUT2D eigenvalue weighted by Crippen LogP contribution is 2.28. The van der Waals surface area contributed by atoms with Crippen LogP contribution in [0, 0.1) is 17.8 Å². The van der Waals surface area contributed by atoms with E-state index in [-0.39, 0.29) is 0 Å². The average Bonchev–Trinajstić information content (AvgIpc) is 2.82. The Bertz CT molecular complexity index is 1100. The maximum atomic E-state index is 4.35. The summed E-state index contributed by atoms with van der Waals surface area (Å²) in [6.07, 6.45) is 7.25. The van der Waals surface area contributed by atoms with Crippen molar-refractivity contribution in [2.45, 2.75) is 52.4 Å². The Morgan fingerprint density at radius 3 is 2.10 bits per heavy atom. The standard InChI is InChI=1S/C29H30N2/c1-3-5-23-10-16-28(17-11-23)30-31-29-18-12-24(13-19-29)6-7-25-9-15-26-20-22(4-2)8-14-27(26)21-25/h9-13,15-19,21-22H,3-5,8,14,20H2,1-2H3. The van der Waals surface area contributed by atoms with E-state index in [1.807, 2.05) is 36.4 Å². The van der Waals surface area contributed by atoms with Gasteiger partial charge in [-0.3, -0.25) is 0 Å². The Morgan fingerprint density at radius 2 is 1.42 bits per heavy atom. The van der Waals surface area contributed by atoms with Crippen molar-refractivity contribution in [1.82, 2.24) is 0 Å². The summed E-state index contributed by atoms with van der Waals surface area (Å²) in [5.74, 6) is 7.46. The van der Waals surface area contributed by atoms with Gasteiger partial charge in [0.2, 0.25) is 0 Å². The predicted octanol–water partition coefficient (Wildman–Crippen LogP) is 7.97. The molecule has 0 radical (unpaired) electrons.